The van der Waals surface area contributed by atoms with E-state index < -0.39 is 0 Å². The molecule has 1 amide bonds. The number of carbonyl (C=O) groups excluding carboxylic acids is 1. The summed E-state index contributed by atoms with van der Waals surface area (Å²) in [6.07, 6.45) is 1.15. The van der Waals surface area contributed by atoms with Gasteiger partial charge in [0.05, 0.1) is 6.54 Å². The van der Waals surface area contributed by atoms with Crippen molar-refractivity contribution in [2.24, 2.45) is 5.92 Å². The number of hydrogen-bond donors (Lipinski definition) is 1. The smallest absolute Gasteiger partial charge is 0.234 e. The van der Waals surface area contributed by atoms with Gasteiger partial charge in [0.15, 0.2) is 0 Å². The summed E-state index contributed by atoms with van der Waals surface area (Å²) in [6, 6.07) is 10.9. The summed E-state index contributed by atoms with van der Waals surface area (Å²) in [4.78, 5) is 14.3. The van der Waals surface area contributed by atoms with E-state index in [4.69, 9.17) is 0 Å². The lowest BCUT2D eigenvalue weighted by atomic mass is 9.99. The largest absolute Gasteiger partial charge is 0.352 e. The second-order valence-corrected chi connectivity index (χ2v) is 6.23. The monoisotopic (exact) mass is 274 g/mol. The molecule has 0 radical (unpaired) electrons. The third-order valence-corrected chi connectivity index (χ3v) is 4.30. The molecule has 1 heterocycles. The molecule has 20 heavy (non-hydrogen) atoms. The molecule has 3 heteroatoms. The van der Waals surface area contributed by atoms with Gasteiger partial charge in [-0.3, -0.25) is 9.69 Å². The van der Waals surface area contributed by atoms with E-state index >= 15 is 0 Å². The van der Waals surface area contributed by atoms with Gasteiger partial charge in [-0.15, -0.1) is 0 Å². The Morgan fingerprint density at radius 2 is 2.00 bits per heavy atom. The quantitative estimate of drug-likeness (QED) is 0.895. The third kappa shape index (κ3) is 4.07. The van der Waals surface area contributed by atoms with Gasteiger partial charge in [0, 0.05) is 12.6 Å². The maximum atomic E-state index is 12.0. The van der Waals surface area contributed by atoms with Crippen molar-refractivity contribution < 1.29 is 4.79 Å². The molecular formula is C17H26N2O. The Bertz CT molecular complexity index is 430. The summed E-state index contributed by atoms with van der Waals surface area (Å²) in [5.74, 6) is 1.21. The molecule has 1 fully saturated rings. The zero-order valence-corrected chi connectivity index (χ0v) is 12.8. The van der Waals surface area contributed by atoms with Crippen LogP contribution in [0.25, 0.3) is 0 Å². The number of carbonyl (C=O) groups is 1. The van der Waals surface area contributed by atoms with E-state index in [1.54, 1.807) is 0 Å². The van der Waals surface area contributed by atoms with Gasteiger partial charge in [0.25, 0.3) is 0 Å². The van der Waals surface area contributed by atoms with Crippen LogP contribution >= 0.6 is 0 Å². The first-order valence-corrected chi connectivity index (χ1v) is 7.63. The topological polar surface area (TPSA) is 32.3 Å². The van der Waals surface area contributed by atoms with Crippen LogP contribution in [0.5, 0.6) is 0 Å². The standard InChI is InChI=1S/C17H26N2O/c1-13(2)14(3)18-17(20)12-19-10-9-16(11-19)15-7-5-4-6-8-15/h4-8,13-14,16H,9-12H2,1-3H3,(H,18,20)/t14-,16+/m1/s1. The predicted molar refractivity (Wildman–Crippen MR) is 82.7 cm³/mol. The van der Waals surface area contributed by atoms with Crippen molar-refractivity contribution in [3.05, 3.63) is 35.9 Å². The minimum atomic E-state index is 0.153. The van der Waals surface area contributed by atoms with E-state index in [-0.39, 0.29) is 11.9 Å². The van der Waals surface area contributed by atoms with Crippen LogP contribution in [0.3, 0.4) is 0 Å². The van der Waals surface area contributed by atoms with Gasteiger partial charge in [0.2, 0.25) is 5.91 Å². The molecular weight excluding hydrogens is 248 g/mol. The number of rotatable bonds is 5. The highest BCUT2D eigenvalue weighted by molar-refractivity contribution is 5.78. The van der Waals surface area contributed by atoms with Crippen LogP contribution in [0.2, 0.25) is 0 Å². The average molecular weight is 274 g/mol. The molecule has 0 spiro atoms. The molecule has 0 aromatic heterocycles. The number of nitrogens with zero attached hydrogens (tertiary/aromatic N) is 1. The fourth-order valence-corrected chi connectivity index (χ4v) is 2.64. The second kappa shape index (κ2) is 6.89. The number of benzene rings is 1. The molecule has 2 atom stereocenters. The second-order valence-electron chi connectivity index (χ2n) is 6.23. The molecule has 0 aliphatic carbocycles. The van der Waals surface area contributed by atoms with Gasteiger partial charge in [0.1, 0.15) is 0 Å². The van der Waals surface area contributed by atoms with Crippen LogP contribution in [0.1, 0.15) is 38.7 Å². The molecule has 1 aliphatic heterocycles. The number of nitrogens with one attached hydrogen (secondary N) is 1. The van der Waals surface area contributed by atoms with Gasteiger partial charge in [-0.1, -0.05) is 44.2 Å². The molecule has 0 bridgehead atoms. The molecule has 1 aliphatic rings. The zero-order chi connectivity index (χ0) is 14.5. The van der Waals surface area contributed by atoms with Gasteiger partial charge in [-0.25, -0.2) is 0 Å². The van der Waals surface area contributed by atoms with Gasteiger partial charge >= 0.3 is 0 Å². The summed E-state index contributed by atoms with van der Waals surface area (Å²) < 4.78 is 0. The SMILES string of the molecule is CC(C)[C@@H](C)NC(=O)CN1CC[C@H](c2ccccc2)C1. The molecule has 2 rings (SSSR count). The van der Waals surface area contributed by atoms with E-state index in [0.717, 1.165) is 19.5 Å². The lowest BCUT2D eigenvalue weighted by Gasteiger charge is -2.20. The molecule has 0 saturated carbocycles. The Labute approximate surface area is 122 Å². The summed E-state index contributed by atoms with van der Waals surface area (Å²) in [7, 11) is 0. The van der Waals surface area contributed by atoms with Crippen molar-refractivity contribution in [3.8, 4) is 0 Å². The normalized spacial score (nSPS) is 21.1. The van der Waals surface area contributed by atoms with E-state index in [0.29, 0.717) is 18.4 Å². The summed E-state index contributed by atoms with van der Waals surface area (Å²) in [6.45, 7) is 8.87. The van der Waals surface area contributed by atoms with Crippen molar-refractivity contribution >= 4 is 5.91 Å². The van der Waals surface area contributed by atoms with E-state index in [2.05, 4.69) is 61.3 Å². The molecule has 1 aromatic carbocycles. The maximum Gasteiger partial charge on any atom is 0.234 e. The van der Waals surface area contributed by atoms with Crippen LogP contribution in [0.4, 0.5) is 0 Å². The first kappa shape index (κ1) is 15.0. The number of hydrogen-bond acceptors (Lipinski definition) is 2. The van der Waals surface area contributed by atoms with E-state index in [9.17, 15) is 4.79 Å². The summed E-state index contributed by atoms with van der Waals surface area (Å²) >= 11 is 0. The molecule has 1 aromatic rings. The van der Waals surface area contributed by atoms with Crippen molar-refractivity contribution in [3.63, 3.8) is 0 Å². The highest BCUT2D eigenvalue weighted by Crippen LogP contribution is 2.26. The van der Waals surface area contributed by atoms with Gasteiger partial charge in [-0.2, -0.15) is 0 Å². The molecule has 3 nitrogen and oxygen atoms in total. The average Bonchev–Trinajstić information content (AvgIpc) is 2.88. The lowest BCUT2D eigenvalue weighted by Crippen LogP contribution is -2.42. The highest BCUT2D eigenvalue weighted by Gasteiger charge is 2.25. The highest BCUT2D eigenvalue weighted by atomic mass is 16.2. The van der Waals surface area contributed by atoms with Crippen LogP contribution in [-0.2, 0) is 4.79 Å². The van der Waals surface area contributed by atoms with Crippen LogP contribution in [-0.4, -0.2) is 36.5 Å². The Morgan fingerprint density at radius 3 is 2.65 bits per heavy atom. The van der Waals surface area contributed by atoms with Gasteiger partial charge < -0.3 is 5.32 Å². The number of likely N-dealkylation sites (tertiary alicyclic amines) is 1. The molecule has 1 N–H and O–H groups in total. The van der Waals surface area contributed by atoms with Crippen LogP contribution in [0, 0.1) is 5.92 Å². The van der Waals surface area contributed by atoms with Crippen molar-refractivity contribution in [2.75, 3.05) is 19.6 Å². The fourth-order valence-electron chi connectivity index (χ4n) is 2.64. The third-order valence-electron chi connectivity index (χ3n) is 4.30. The molecule has 0 unspecified atom stereocenters. The van der Waals surface area contributed by atoms with Gasteiger partial charge in [-0.05, 0) is 37.3 Å². The Kier molecular flexibility index (Phi) is 5.18. The maximum absolute atomic E-state index is 12.0. The van der Waals surface area contributed by atoms with Crippen molar-refractivity contribution in [2.45, 2.75) is 39.2 Å². The summed E-state index contributed by atoms with van der Waals surface area (Å²) in [5.41, 5.74) is 1.39. The zero-order valence-electron chi connectivity index (χ0n) is 12.8. The molecule has 1 saturated heterocycles. The Morgan fingerprint density at radius 1 is 1.30 bits per heavy atom. The fraction of sp³-hybridized carbons (Fsp3) is 0.588. The van der Waals surface area contributed by atoms with Crippen LogP contribution in [0.15, 0.2) is 30.3 Å². The minimum absolute atomic E-state index is 0.153. The first-order chi connectivity index (χ1) is 9.56. The predicted octanol–water partition coefficient (Wildman–Crippen LogP) is 2.64. The van der Waals surface area contributed by atoms with Crippen molar-refractivity contribution in [1.82, 2.24) is 10.2 Å². The Hall–Kier alpha value is -1.35. The van der Waals surface area contributed by atoms with Crippen LogP contribution < -0.4 is 5.32 Å². The molecule has 110 valence electrons. The van der Waals surface area contributed by atoms with E-state index in [1.165, 1.54) is 5.56 Å². The first-order valence-electron chi connectivity index (χ1n) is 7.63. The summed E-state index contributed by atoms with van der Waals surface area (Å²) in [5, 5.41) is 3.08. The van der Waals surface area contributed by atoms with E-state index in [1.807, 2.05) is 0 Å². The Balaban J connectivity index is 1.80. The lowest BCUT2D eigenvalue weighted by molar-refractivity contribution is -0.122. The number of amides is 1. The van der Waals surface area contributed by atoms with Crippen molar-refractivity contribution in [1.29, 1.82) is 0 Å². The minimum Gasteiger partial charge on any atom is -0.352 e.